The van der Waals surface area contributed by atoms with E-state index in [2.05, 4.69) is 29.4 Å². The summed E-state index contributed by atoms with van der Waals surface area (Å²) in [7, 11) is 0. The number of nitrogens with one attached hydrogen (secondary N) is 2. The molecule has 2 heterocycles. The van der Waals surface area contributed by atoms with Gasteiger partial charge in [-0.25, -0.2) is 9.48 Å². The van der Waals surface area contributed by atoms with Gasteiger partial charge in [-0.3, -0.25) is 9.69 Å². The molecule has 1 aromatic heterocycles. The van der Waals surface area contributed by atoms with Crippen molar-refractivity contribution in [1.29, 1.82) is 0 Å². The van der Waals surface area contributed by atoms with E-state index in [9.17, 15) is 19.8 Å². The van der Waals surface area contributed by atoms with E-state index in [1.54, 1.807) is 46.0 Å². The molecule has 2 atom stereocenters. The topological polar surface area (TPSA) is 123 Å². The number of rotatable bonds is 13. The third-order valence-electron chi connectivity index (χ3n) is 9.17. The Morgan fingerprint density at radius 3 is 2.39 bits per heavy atom. The van der Waals surface area contributed by atoms with Crippen molar-refractivity contribution in [1.82, 2.24) is 19.6 Å². The van der Waals surface area contributed by atoms with Gasteiger partial charge in [0, 0.05) is 41.7 Å². The normalized spacial score (nSPS) is 14.9. The summed E-state index contributed by atoms with van der Waals surface area (Å²) in [4.78, 5) is 31.4. The number of anilines is 2. The highest BCUT2D eigenvalue weighted by molar-refractivity contribution is 6.31. The lowest BCUT2D eigenvalue weighted by Gasteiger charge is -2.36. The lowest BCUT2D eigenvalue weighted by Crippen LogP contribution is -2.46. The molecule has 0 aliphatic carbocycles. The Morgan fingerprint density at radius 1 is 0.980 bits per heavy atom. The van der Waals surface area contributed by atoms with Crippen LogP contribution in [0.15, 0.2) is 66.7 Å². The van der Waals surface area contributed by atoms with E-state index < -0.39 is 18.3 Å². The van der Waals surface area contributed by atoms with Crippen LogP contribution in [0.5, 0.6) is 0 Å². The van der Waals surface area contributed by atoms with Crippen molar-refractivity contribution in [2.75, 3.05) is 30.3 Å². The van der Waals surface area contributed by atoms with Crippen molar-refractivity contribution in [3.8, 4) is 5.69 Å². The summed E-state index contributed by atoms with van der Waals surface area (Å²) in [6, 6.07) is 19.3. The number of benzene rings is 3. The van der Waals surface area contributed by atoms with Crippen molar-refractivity contribution in [2.24, 2.45) is 0 Å². The van der Waals surface area contributed by atoms with E-state index in [0.29, 0.717) is 46.3 Å². The molecule has 0 saturated heterocycles. The Kier molecular flexibility index (Phi) is 12.1. The van der Waals surface area contributed by atoms with Gasteiger partial charge in [0.25, 0.3) is 5.91 Å². The maximum atomic E-state index is 14.6. The molecule has 11 heteroatoms. The van der Waals surface area contributed by atoms with Gasteiger partial charge in [0.15, 0.2) is 6.23 Å². The summed E-state index contributed by atoms with van der Waals surface area (Å²) in [5, 5.41) is 32.9. The molecular formula is C38H47ClN6O4. The number of aliphatic hydroxyl groups excluding tert-OH is 2. The van der Waals surface area contributed by atoms with E-state index in [0.717, 1.165) is 61.2 Å². The van der Waals surface area contributed by atoms with Gasteiger partial charge >= 0.3 is 6.03 Å². The average molecular weight is 687 g/mol. The molecule has 49 heavy (non-hydrogen) atoms. The molecule has 4 N–H and O–H groups in total. The maximum Gasteiger partial charge on any atom is 0.323 e. The van der Waals surface area contributed by atoms with Gasteiger partial charge in [0.2, 0.25) is 0 Å². The number of hydrogen-bond acceptors (Lipinski definition) is 6. The number of aromatic nitrogens is 2. The van der Waals surface area contributed by atoms with Crippen LogP contribution in [-0.4, -0.2) is 67.5 Å². The monoisotopic (exact) mass is 686 g/mol. The Morgan fingerprint density at radius 2 is 1.69 bits per heavy atom. The summed E-state index contributed by atoms with van der Waals surface area (Å²) in [5.74, 6) is -0.303. The molecule has 0 saturated carbocycles. The lowest BCUT2D eigenvalue weighted by atomic mass is 9.93. The Bertz CT molecular complexity index is 1770. The highest BCUT2D eigenvalue weighted by Crippen LogP contribution is 2.30. The predicted molar refractivity (Wildman–Crippen MR) is 194 cm³/mol. The van der Waals surface area contributed by atoms with Crippen molar-refractivity contribution < 1.29 is 19.8 Å². The number of fused-ring (bicyclic) bond motifs is 1. The molecule has 0 fully saturated rings. The summed E-state index contributed by atoms with van der Waals surface area (Å²) >= 11 is 6.26. The maximum absolute atomic E-state index is 14.6. The van der Waals surface area contributed by atoms with Crippen LogP contribution in [0.25, 0.3) is 5.69 Å². The average Bonchev–Trinajstić information content (AvgIpc) is 3.50. The number of unbranched alkanes of at least 4 members (excludes halogenated alkanes) is 2. The van der Waals surface area contributed by atoms with Gasteiger partial charge in [0.1, 0.15) is 5.69 Å². The number of hydrogen-bond donors (Lipinski definition) is 4. The van der Waals surface area contributed by atoms with Gasteiger partial charge in [-0.2, -0.15) is 5.10 Å². The van der Waals surface area contributed by atoms with Crippen LogP contribution >= 0.6 is 11.6 Å². The van der Waals surface area contributed by atoms with Gasteiger partial charge in [-0.1, -0.05) is 68.6 Å². The van der Waals surface area contributed by atoms with Crippen LogP contribution in [0.4, 0.5) is 16.2 Å². The van der Waals surface area contributed by atoms with Crippen molar-refractivity contribution in [2.45, 2.75) is 78.6 Å². The summed E-state index contributed by atoms with van der Waals surface area (Å²) < 4.78 is 1.68. The molecule has 0 spiro atoms. The van der Waals surface area contributed by atoms with E-state index >= 15 is 0 Å². The fraction of sp³-hybridized carbons (Fsp3) is 0.395. The van der Waals surface area contributed by atoms with Crippen LogP contribution in [0.3, 0.4) is 0 Å². The van der Waals surface area contributed by atoms with Crippen molar-refractivity contribution >= 4 is 34.9 Å². The Hall–Kier alpha value is -4.22. The molecule has 260 valence electrons. The first-order valence-electron chi connectivity index (χ1n) is 17.1. The molecule has 5 rings (SSSR count). The fourth-order valence-corrected chi connectivity index (χ4v) is 6.45. The van der Waals surface area contributed by atoms with Crippen molar-refractivity contribution in [3.63, 3.8) is 0 Å². The zero-order valence-corrected chi connectivity index (χ0v) is 29.5. The van der Waals surface area contributed by atoms with E-state index in [-0.39, 0.29) is 12.5 Å². The van der Waals surface area contributed by atoms with Crippen LogP contribution in [0.2, 0.25) is 5.02 Å². The van der Waals surface area contributed by atoms with Crippen LogP contribution in [0, 0.1) is 13.8 Å². The quantitative estimate of drug-likeness (QED) is 0.110. The fourth-order valence-electron chi connectivity index (χ4n) is 6.27. The van der Waals surface area contributed by atoms with Gasteiger partial charge < -0.3 is 25.7 Å². The third-order valence-corrected chi connectivity index (χ3v) is 9.58. The highest BCUT2D eigenvalue weighted by Gasteiger charge is 2.32. The Labute approximate surface area is 293 Å². The van der Waals surface area contributed by atoms with Crippen LogP contribution in [-0.2, 0) is 13.0 Å². The minimum atomic E-state index is -0.894. The predicted octanol–water partition coefficient (Wildman–Crippen LogP) is 7.24. The standard InChI is InChI=1S/C38H47ClN6O4/c1-5-7-18-43(19-8-6-2)37(48)34-20-25(3)45(42-34)35-17-16-29(40-38(49)41-33-15-11-14-32(39)26(33)4)22-31(35)36(47)44-23-28-13-10-9-12-27(28)21-30(44)24-46/h9-17,20,22,30,37,46,48H,5-8,18-19,21,23-24H2,1-4H3,(H2,40,41,49). The largest absolute Gasteiger partial charge is 0.394 e. The highest BCUT2D eigenvalue weighted by atomic mass is 35.5. The zero-order chi connectivity index (χ0) is 35.1. The number of carbonyl (C=O) groups is 2. The molecule has 3 aromatic carbocycles. The molecule has 1 aliphatic heterocycles. The molecule has 3 amide bonds. The zero-order valence-electron chi connectivity index (χ0n) is 28.7. The van der Waals surface area contributed by atoms with Gasteiger partial charge in [-0.15, -0.1) is 0 Å². The summed E-state index contributed by atoms with van der Waals surface area (Å²) in [6.07, 6.45) is 3.58. The second-order valence-electron chi connectivity index (χ2n) is 12.7. The second kappa shape index (κ2) is 16.5. The first-order chi connectivity index (χ1) is 23.6. The van der Waals surface area contributed by atoms with E-state index in [4.69, 9.17) is 16.7 Å². The number of amides is 3. The number of nitrogens with zero attached hydrogens (tertiary/aromatic N) is 4. The van der Waals surface area contributed by atoms with Crippen molar-refractivity contribution in [3.05, 3.63) is 105 Å². The molecule has 1 aliphatic rings. The minimum Gasteiger partial charge on any atom is -0.394 e. The molecule has 4 aromatic rings. The van der Waals surface area contributed by atoms with Crippen LogP contribution < -0.4 is 10.6 Å². The summed E-state index contributed by atoms with van der Waals surface area (Å²) in [5.41, 5.74) is 5.88. The SMILES string of the molecule is CCCCN(CCCC)C(O)c1cc(C)n(-c2ccc(NC(=O)Nc3cccc(Cl)c3C)cc2C(=O)N2Cc3ccccc3CC2CO)n1. The molecule has 2 unspecified atom stereocenters. The molecule has 0 radical (unpaired) electrons. The summed E-state index contributed by atoms with van der Waals surface area (Å²) in [6.45, 7) is 9.61. The second-order valence-corrected chi connectivity index (χ2v) is 13.1. The van der Waals surface area contributed by atoms with E-state index in [1.807, 2.05) is 44.2 Å². The third kappa shape index (κ3) is 8.33. The molecule has 10 nitrogen and oxygen atoms in total. The molecule has 0 bridgehead atoms. The van der Waals surface area contributed by atoms with E-state index in [1.165, 1.54) is 0 Å². The minimum absolute atomic E-state index is 0.197. The van der Waals surface area contributed by atoms with Crippen LogP contribution in [0.1, 0.15) is 84.2 Å². The number of urea groups is 1. The smallest absolute Gasteiger partial charge is 0.323 e. The number of halogens is 1. The lowest BCUT2D eigenvalue weighted by molar-refractivity contribution is -0.00351. The van der Waals surface area contributed by atoms with Gasteiger partial charge in [-0.05, 0) is 86.2 Å². The Balaban J connectivity index is 1.51. The number of aryl methyl sites for hydroxylation is 1. The first-order valence-corrected chi connectivity index (χ1v) is 17.5. The van der Waals surface area contributed by atoms with Gasteiger partial charge in [0.05, 0.1) is 23.9 Å². The molecular weight excluding hydrogens is 640 g/mol. The number of aliphatic hydroxyl groups is 2. The number of carbonyl (C=O) groups excluding carboxylic acids is 2. The first kappa shape index (κ1) is 36.1.